The van der Waals surface area contributed by atoms with Gasteiger partial charge in [-0.2, -0.15) is 0 Å². The Kier molecular flexibility index (Phi) is 4.21. The fourth-order valence-electron chi connectivity index (χ4n) is 1.81. The molecule has 0 aromatic carbocycles. The maximum absolute atomic E-state index is 12.2. The molecule has 1 N–H and O–H groups in total. The lowest BCUT2D eigenvalue weighted by molar-refractivity contribution is -0.141. The molecule has 1 fully saturated rings. The van der Waals surface area contributed by atoms with Gasteiger partial charge in [-0.3, -0.25) is 9.59 Å². The summed E-state index contributed by atoms with van der Waals surface area (Å²) in [4.78, 5) is 24.9. The molecule has 1 saturated heterocycles. The van der Waals surface area contributed by atoms with E-state index in [0.29, 0.717) is 29.6 Å². The van der Waals surface area contributed by atoms with Crippen LogP contribution in [0.4, 0.5) is 0 Å². The number of carbonyl (C=O) groups is 2. The van der Waals surface area contributed by atoms with Crippen LogP contribution in [0.25, 0.3) is 0 Å². The summed E-state index contributed by atoms with van der Waals surface area (Å²) in [5.74, 6) is -1.09. The number of carboxylic acids is 1. The topological polar surface area (TPSA) is 66.8 Å². The number of hydrogen-bond acceptors (Lipinski definition) is 4. The summed E-state index contributed by atoms with van der Waals surface area (Å²) in [5, 5.41) is 10.9. The third-order valence-corrected chi connectivity index (χ3v) is 3.97. The lowest BCUT2D eigenvalue weighted by Crippen LogP contribution is -2.46. The molecule has 0 aliphatic carbocycles. The van der Waals surface area contributed by atoms with Crippen molar-refractivity contribution in [2.75, 3.05) is 19.7 Å². The van der Waals surface area contributed by atoms with Crippen molar-refractivity contribution >= 4 is 34.8 Å². The summed E-state index contributed by atoms with van der Waals surface area (Å²) in [6.07, 6.45) is -0.541. The molecule has 7 heteroatoms. The number of nitrogens with zero attached hydrogens (tertiary/aromatic N) is 1. The van der Waals surface area contributed by atoms with E-state index in [1.807, 2.05) is 0 Å². The Morgan fingerprint density at radius 3 is 3.00 bits per heavy atom. The molecule has 1 aromatic rings. The molecule has 18 heavy (non-hydrogen) atoms. The van der Waals surface area contributed by atoms with Crippen molar-refractivity contribution in [2.24, 2.45) is 0 Å². The second kappa shape index (κ2) is 5.69. The van der Waals surface area contributed by atoms with Crippen LogP contribution in [0.15, 0.2) is 11.4 Å². The van der Waals surface area contributed by atoms with Crippen molar-refractivity contribution in [2.45, 2.75) is 12.5 Å². The van der Waals surface area contributed by atoms with Crippen LogP contribution in [0.3, 0.4) is 0 Å². The third kappa shape index (κ3) is 3.01. The molecule has 1 aromatic heterocycles. The number of amides is 1. The lowest BCUT2D eigenvalue weighted by atomic mass is 10.2. The second-order valence-electron chi connectivity index (χ2n) is 3.94. The van der Waals surface area contributed by atoms with Gasteiger partial charge in [0.15, 0.2) is 0 Å². The van der Waals surface area contributed by atoms with E-state index in [-0.39, 0.29) is 12.3 Å². The summed E-state index contributed by atoms with van der Waals surface area (Å²) >= 11 is 7.20. The van der Waals surface area contributed by atoms with E-state index in [9.17, 15) is 9.59 Å². The monoisotopic (exact) mass is 289 g/mol. The SMILES string of the molecule is O=C(O)CC1CN(C(=O)c2sccc2Cl)CCO1. The van der Waals surface area contributed by atoms with Crippen molar-refractivity contribution in [1.82, 2.24) is 4.90 Å². The molecule has 5 nitrogen and oxygen atoms in total. The second-order valence-corrected chi connectivity index (χ2v) is 5.26. The third-order valence-electron chi connectivity index (χ3n) is 2.64. The van der Waals surface area contributed by atoms with E-state index in [0.717, 1.165) is 0 Å². The number of carboxylic acid groups (broad SMARTS) is 1. The molecule has 1 amide bonds. The molecular weight excluding hydrogens is 278 g/mol. The molecule has 1 unspecified atom stereocenters. The van der Waals surface area contributed by atoms with Crippen LogP contribution in [0.5, 0.6) is 0 Å². The van der Waals surface area contributed by atoms with Crippen LogP contribution in [0, 0.1) is 0 Å². The molecule has 1 atom stereocenters. The van der Waals surface area contributed by atoms with Crippen molar-refractivity contribution in [1.29, 1.82) is 0 Å². The van der Waals surface area contributed by atoms with Gasteiger partial charge in [0.2, 0.25) is 0 Å². The number of ether oxygens (including phenoxy) is 1. The highest BCUT2D eigenvalue weighted by Crippen LogP contribution is 2.24. The Labute approximate surface area is 113 Å². The van der Waals surface area contributed by atoms with Gasteiger partial charge in [-0.1, -0.05) is 11.6 Å². The van der Waals surface area contributed by atoms with Gasteiger partial charge in [0.25, 0.3) is 5.91 Å². The Morgan fingerprint density at radius 2 is 2.39 bits per heavy atom. The minimum atomic E-state index is -0.927. The van der Waals surface area contributed by atoms with E-state index in [1.54, 1.807) is 16.3 Å². The summed E-state index contributed by atoms with van der Waals surface area (Å²) in [7, 11) is 0. The first kappa shape index (κ1) is 13.3. The van der Waals surface area contributed by atoms with E-state index < -0.39 is 12.1 Å². The van der Waals surface area contributed by atoms with Gasteiger partial charge in [0.1, 0.15) is 4.88 Å². The first-order valence-electron chi connectivity index (χ1n) is 5.43. The highest BCUT2D eigenvalue weighted by atomic mass is 35.5. The molecule has 0 spiro atoms. The average Bonchev–Trinajstić information content (AvgIpc) is 2.74. The van der Waals surface area contributed by atoms with Gasteiger partial charge in [0, 0.05) is 13.1 Å². The number of halogens is 1. The largest absolute Gasteiger partial charge is 0.481 e. The first-order chi connectivity index (χ1) is 8.58. The van der Waals surface area contributed by atoms with Crippen molar-refractivity contribution in [3.05, 3.63) is 21.3 Å². The average molecular weight is 290 g/mol. The molecule has 1 aliphatic heterocycles. The van der Waals surface area contributed by atoms with Crippen LogP contribution in [0.2, 0.25) is 5.02 Å². The van der Waals surface area contributed by atoms with Gasteiger partial charge in [-0.15, -0.1) is 11.3 Å². The Balaban J connectivity index is 2.03. The summed E-state index contributed by atoms with van der Waals surface area (Å²) in [6, 6.07) is 1.68. The van der Waals surface area contributed by atoms with Gasteiger partial charge in [-0.05, 0) is 11.4 Å². The fraction of sp³-hybridized carbons (Fsp3) is 0.455. The Morgan fingerprint density at radius 1 is 1.61 bits per heavy atom. The Hall–Kier alpha value is -1.11. The number of carbonyl (C=O) groups excluding carboxylic acids is 1. The van der Waals surface area contributed by atoms with Crippen LogP contribution in [-0.2, 0) is 9.53 Å². The zero-order valence-corrected chi connectivity index (χ0v) is 11.0. The molecule has 2 rings (SSSR count). The summed E-state index contributed by atoms with van der Waals surface area (Å²) in [6.45, 7) is 1.11. The number of thiophene rings is 1. The summed E-state index contributed by atoms with van der Waals surface area (Å²) < 4.78 is 5.31. The molecule has 0 saturated carbocycles. The van der Waals surface area contributed by atoms with E-state index in [2.05, 4.69) is 0 Å². The van der Waals surface area contributed by atoms with Crippen LogP contribution < -0.4 is 0 Å². The van der Waals surface area contributed by atoms with Crippen molar-refractivity contribution in [3.8, 4) is 0 Å². The zero-order chi connectivity index (χ0) is 13.1. The van der Waals surface area contributed by atoms with Crippen molar-refractivity contribution < 1.29 is 19.4 Å². The predicted molar refractivity (Wildman–Crippen MR) is 67.2 cm³/mol. The van der Waals surface area contributed by atoms with Gasteiger partial charge in [0.05, 0.1) is 24.2 Å². The maximum atomic E-state index is 12.2. The number of rotatable bonds is 3. The first-order valence-corrected chi connectivity index (χ1v) is 6.69. The van der Waals surface area contributed by atoms with Gasteiger partial charge in [-0.25, -0.2) is 0 Å². The van der Waals surface area contributed by atoms with E-state index >= 15 is 0 Å². The Bertz CT molecular complexity index is 462. The number of morpholine rings is 1. The molecule has 1 aliphatic rings. The highest BCUT2D eigenvalue weighted by Gasteiger charge is 2.28. The number of aliphatic carboxylic acids is 1. The van der Waals surface area contributed by atoms with Gasteiger partial charge >= 0.3 is 5.97 Å². The zero-order valence-electron chi connectivity index (χ0n) is 9.47. The molecule has 0 bridgehead atoms. The molecule has 98 valence electrons. The maximum Gasteiger partial charge on any atom is 0.306 e. The smallest absolute Gasteiger partial charge is 0.306 e. The fourth-order valence-corrected chi connectivity index (χ4v) is 2.91. The summed E-state index contributed by atoms with van der Waals surface area (Å²) in [5.41, 5.74) is 0. The van der Waals surface area contributed by atoms with E-state index in [1.165, 1.54) is 11.3 Å². The van der Waals surface area contributed by atoms with Crippen LogP contribution in [0.1, 0.15) is 16.1 Å². The van der Waals surface area contributed by atoms with Crippen LogP contribution in [-0.4, -0.2) is 47.7 Å². The standard InChI is InChI=1S/C11H12ClNO4S/c12-8-1-4-18-10(8)11(16)13-2-3-17-7(6-13)5-9(14)15/h1,4,7H,2-3,5-6H2,(H,14,15). The number of hydrogen-bond donors (Lipinski definition) is 1. The molecular formula is C11H12ClNO4S. The predicted octanol–water partition coefficient (Wildman–Crippen LogP) is 1.72. The molecule has 0 radical (unpaired) electrons. The quantitative estimate of drug-likeness (QED) is 0.920. The van der Waals surface area contributed by atoms with Crippen molar-refractivity contribution in [3.63, 3.8) is 0 Å². The normalized spacial score (nSPS) is 19.8. The minimum Gasteiger partial charge on any atom is -0.481 e. The van der Waals surface area contributed by atoms with Crippen LogP contribution >= 0.6 is 22.9 Å². The van der Waals surface area contributed by atoms with E-state index in [4.69, 9.17) is 21.4 Å². The van der Waals surface area contributed by atoms with Gasteiger partial charge < -0.3 is 14.7 Å². The minimum absolute atomic E-state index is 0.0953. The molecule has 2 heterocycles. The highest BCUT2D eigenvalue weighted by molar-refractivity contribution is 7.12. The lowest BCUT2D eigenvalue weighted by Gasteiger charge is -2.32.